The molecule has 0 saturated heterocycles. The number of carbonyl (C=O) groups is 1. The van der Waals surface area contributed by atoms with Crippen molar-refractivity contribution in [1.29, 1.82) is 5.41 Å². The van der Waals surface area contributed by atoms with Crippen LogP contribution in [0.25, 0.3) is 11.0 Å². The first kappa shape index (κ1) is 9.73. The molecule has 1 aromatic heterocycles. The molecule has 1 aromatic carbocycles. The monoisotopic (exact) mass is 222 g/mol. The van der Waals surface area contributed by atoms with Crippen molar-refractivity contribution in [3.63, 3.8) is 0 Å². The number of benzene rings is 1. The van der Waals surface area contributed by atoms with Crippen molar-refractivity contribution in [2.24, 2.45) is 5.73 Å². The lowest BCUT2D eigenvalue weighted by Gasteiger charge is -2.00. The number of carbonyl (C=O) groups excluding carboxylic acids is 1. The predicted molar refractivity (Wildman–Crippen MR) is 55.6 cm³/mol. The van der Waals surface area contributed by atoms with Crippen LogP contribution in [0.3, 0.4) is 0 Å². The quantitative estimate of drug-likeness (QED) is 0.770. The second kappa shape index (κ2) is 3.40. The SMILES string of the molecule is N=c1oc2cc(Cl)ccc2cc1C(N)=O. The van der Waals surface area contributed by atoms with E-state index in [9.17, 15) is 4.79 Å². The second-order valence-corrected chi connectivity index (χ2v) is 3.47. The van der Waals surface area contributed by atoms with Crippen molar-refractivity contribution in [2.75, 3.05) is 0 Å². The van der Waals surface area contributed by atoms with Crippen LogP contribution in [0.2, 0.25) is 5.02 Å². The topological polar surface area (TPSA) is 80.1 Å². The van der Waals surface area contributed by atoms with Crippen LogP contribution < -0.4 is 11.3 Å². The fourth-order valence-corrected chi connectivity index (χ4v) is 1.45. The number of amides is 1. The molecular weight excluding hydrogens is 216 g/mol. The Morgan fingerprint density at radius 1 is 1.40 bits per heavy atom. The van der Waals surface area contributed by atoms with Crippen LogP contribution in [0, 0.1) is 5.41 Å². The Bertz CT molecular complexity index is 604. The minimum atomic E-state index is -0.680. The molecule has 0 spiro atoms. The summed E-state index contributed by atoms with van der Waals surface area (Å²) in [6.07, 6.45) is 0. The molecule has 1 heterocycles. The van der Waals surface area contributed by atoms with Crippen molar-refractivity contribution in [1.82, 2.24) is 0 Å². The summed E-state index contributed by atoms with van der Waals surface area (Å²) in [7, 11) is 0. The molecule has 5 heteroatoms. The zero-order valence-corrected chi connectivity index (χ0v) is 8.34. The average Bonchev–Trinajstić information content (AvgIpc) is 2.15. The van der Waals surface area contributed by atoms with E-state index in [0.29, 0.717) is 16.0 Å². The smallest absolute Gasteiger partial charge is 0.254 e. The maximum Gasteiger partial charge on any atom is 0.254 e. The minimum Gasteiger partial charge on any atom is -0.438 e. The van der Waals surface area contributed by atoms with Gasteiger partial charge in [0.05, 0.1) is 0 Å². The molecule has 0 aliphatic heterocycles. The van der Waals surface area contributed by atoms with Crippen LogP contribution in [0.1, 0.15) is 10.4 Å². The zero-order chi connectivity index (χ0) is 11.0. The molecule has 0 aliphatic carbocycles. The van der Waals surface area contributed by atoms with Gasteiger partial charge in [-0.3, -0.25) is 10.2 Å². The fraction of sp³-hybridized carbons (Fsp3) is 0. The summed E-state index contributed by atoms with van der Waals surface area (Å²) in [5.41, 5.74) is 5.35. The molecule has 0 radical (unpaired) electrons. The molecule has 0 fully saturated rings. The summed E-state index contributed by atoms with van der Waals surface area (Å²) in [6, 6.07) is 6.47. The first-order valence-corrected chi connectivity index (χ1v) is 4.53. The highest BCUT2D eigenvalue weighted by atomic mass is 35.5. The molecule has 2 aromatic rings. The first-order valence-electron chi connectivity index (χ1n) is 4.16. The van der Waals surface area contributed by atoms with Gasteiger partial charge in [0.15, 0.2) is 0 Å². The van der Waals surface area contributed by atoms with Gasteiger partial charge < -0.3 is 10.2 Å². The number of fused-ring (bicyclic) bond motifs is 1. The van der Waals surface area contributed by atoms with Crippen molar-refractivity contribution >= 4 is 28.5 Å². The van der Waals surface area contributed by atoms with Crippen LogP contribution in [0.4, 0.5) is 0 Å². The molecule has 1 amide bonds. The Kier molecular flexibility index (Phi) is 2.21. The summed E-state index contributed by atoms with van der Waals surface area (Å²) >= 11 is 5.76. The van der Waals surface area contributed by atoms with Crippen molar-refractivity contribution in [2.45, 2.75) is 0 Å². The average molecular weight is 223 g/mol. The van der Waals surface area contributed by atoms with Crippen LogP contribution in [0.5, 0.6) is 0 Å². The van der Waals surface area contributed by atoms with E-state index in [1.165, 1.54) is 6.07 Å². The lowest BCUT2D eigenvalue weighted by molar-refractivity contribution is 0.0996. The Morgan fingerprint density at radius 3 is 2.80 bits per heavy atom. The molecular formula is C10H7ClN2O2. The number of nitrogens with two attached hydrogens (primary N) is 1. The van der Waals surface area contributed by atoms with Gasteiger partial charge in [0.2, 0.25) is 5.55 Å². The molecule has 3 N–H and O–H groups in total. The van der Waals surface area contributed by atoms with E-state index in [1.807, 2.05) is 0 Å². The van der Waals surface area contributed by atoms with Gasteiger partial charge in [-0.05, 0) is 18.2 Å². The van der Waals surface area contributed by atoms with Crippen LogP contribution >= 0.6 is 11.6 Å². The molecule has 15 heavy (non-hydrogen) atoms. The largest absolute Gasteiger partial charge is 0.438 e. The van der Waals surface area contributed by atoms with E-state index in [4.69, 9.17) is 27.2 Å². The Morgan fingerprint density at radius 2 is 2.13 bits per heavy atom. The summed E-state index contributed by atoms with van der Waals surface area (Å²) in [5, 5.41) is 8.64. The van der Waals surface area contributed by atoms with Crippen LogP contribution in [-0.2, 0) is 0 Å². The molecule has 0 saturated carbocycles. The number of halogens is 1. The second-order valence-electron chi connectivity index (χ2n) is 3.04. The maximum atomic E-state index is 10.9. The summed E-state index contributed by atoms with van der Waals surface area (Å²) in [5.74, 6) is -0.680. The number of primary amides is 1. The molecule has 2 rings (SSSR count). The standard InChI is InChI=1S/C10H7ClN2O2/c11-6-2-1-5-3-7(9(12)14)10(13)15-8(5)4-6/h1-4,13H,(H2,12,14). The fourth-order valence-electron chi connectivity index (χ4n) is 1.28. The lowest BCUT2D eigenvalue weighted by Crippen LogP contribution is -2.20. The Balaban J connectivity index is 2.82. The Labute approximate surface area is 89.8 Å². The van der Waals surface area contributed by atoms with Gasteiger partial charge in [-0.1, -0.05) is 11.6 Å². The van der Waals surface area contributed by atoms with Gasteiger partial charge in [-0.2, -0.15) is 0 Å². The minimum absolute atomic E-state index is 0.0600. The van der Waals surface area contributed by atoms with Crippen molar-refractivity contribution in [3.8, 4) is 0 Å². The highest BCUT2D eigenvalue weighted by Gasteiger charge is 2.07. The Hall–Kier alpha value is -1.81. The molecule has 0 aliphatic rings. The normalized spacial score (nSPS) is 10.5. The third kappa shape index (κ3) is 1.71. The molecule has 4 nitrogen and oxygen atoms in total. The van der Waals surface area contributed by atoms with Gasteiger partial charge in [0.25, 0.3) is 5.91 Å². The number of rotatable bonds is 1. The third-order valence-electron chi connectivity index (χ3n) is 2.00. The van der Waals surface area contributed by atoms with Gasteiger partial charge in [0, 0.05) is 16.5 Å². The van der Waals surface area contributed by atoms with E-state index >= 15 is 0 Å². The highest BCUT2D eigenvalue weighted by Crippen LogP contribution is 2.18. The van der Waals surface area contributed by atoms with Crippen LogP contribution in [0.15, 0.2) is 28.7 Å². The van der Waals surface area contributed by atoms with Gasteiger partial charge in [-0.15, -0.1) is 0 Å². The highest BCUT2D eigenvalue weighted by molar-refractivity contribution is 6.31. The summed E-state index contributed by atoms with van der Waals surface area (Å²) < 4.78 is 5.12. The molecule has 0 atom stereocenters. The van der Waals surface area contributed by atoms with E-state index < -0.39 is 5.91 Å². The molecule has 0 bridgehead atoms. The third-order valence-corrected chi connectivity index (χ3v) is 2.23. The van der Waals surface area contributed by atoms with E-state index in [-0.39, 0.29) is 11.1 Å². The van der Waals surface area contributed by atoms with Gasteiger partial charge >= 0.3 is 0 Å². The number of hydrogen-bond donors (Lipinski definition) is 2. The zero-order valence-electron chi connectivity index (χ0n) is 7.58. The summed E-state index contributed by atoms with van der Waals surface area (Å²) in [4.78, 5) is 10.9. The van der Waals surface area contributed by atoms with Crippen LogP contribution in [-0.4, -0.2) is 5.91 Å². The number of hydrogen-bond acceptors (Lipinski definition) is 3. The van der Waals surface area contributed by atoms with Crippen molar-refractivity contribution < 1.29 is 9.21 Å². The molecule has 0 unspecified atom stereocenters. The molecule has 76 valence electrons. The summed E-state index contributed by atoms with van der Waals surface area (Å²) in [6.45, 7) is 0. The predicted octanol–water partition coefficient (Wildman–Crippen LogP) is 1.66. The first-order chi connectivity index (χ1) is 7.08. The van der Waals surface area contributed by atoms with Gasteiger partial charge in [0.1, 0.15) is 11.1 Å². The van der Waals surface area contributed by atoms with E-state index in [1.54, 1.807) is 18.2 Å². The maximum absolute atomic E-state index is 10.9. The van der Waals surface area contributed by atoms with Crippen molar-refractivity contribution in [3.05, 3.63) is 40.4 Å². The number of nitrogens with one attached hydrogen (secondary N) is 1. The lowest BCUT2D eigenvalue weighted by atomic mass is 10.2. The van der Waals surface area contributed by atoms with E-state index in [2.05, 4.69) is 0 Å². The van der Waals surface area contributed by atoms with Gasteiger partial charge in [-0.25, -0.2) is 0 Å². The van der Waals surface area contributed by atoms with E-state index in [0.717, 1.165) is 0 Å².